The molecule has 0 aromatic heterocycles. The van der Waals surface area contributed by atoms with E-state index < -0.39 is 0 Å². The molecule has 1 aliphatic rings. The zero-order valence-corrected chi connectivity index (χ0v) is 9.34. The van der Waals surface area contributed by atoms with Crippen LogP contribution in [0.3, 0.4) is 0 Å². The van der Waals surface area contributed by atoms with E-state index in [2.05, 4.69) is 11.4 Å². The van der Waals surface area contributed by atoms with Crippen molar-refractivity contribution in [1.82, 2.24) is 5.32 Å². The second kappa shape index (κ2) is 4.15. The van der Waals surface area contributed by atoms with Crippen LogP contribution < -0.4 is 5.32 Å². The summed E-state index contributed by atoms with van der Waals surface area (Å²) in [4.78, 5) is 12.2. The Morgan fingerprint density at radius 2 is 2.20 bits per heavy atom. The summed E-state index contributed by atoms with van der Waals surface area (Å²) >= 11 is 0. The maximum absolute atomic E-state index is 12.2. The summed E-state index contributed by atoms with van der Waals surface area (Å²) < 4.78 is 0. The molecule has 2 nitrogen and oxygen atoms in total. The Morgan fingerprint density at radius 1 is 1.40 bits per heavy atom. The van der Waals surface area contributed by atoms with E-state index in [0.29, 0.717) is 5.78 Å². The minimum Gasteiger partial charge on any atom is -0.316 e. The van der Waals surface area contributed by atoms with Gasteiger partial charge in [-0.2, -0.15) is 0 Å². The van der Waals surface area contributed by atoms with E-state index in [1.54, 1.807) is 0 Å². The number of carbonyl (C=O) groups excluding carboxylic acids is 1. The van der Waals surface area contributed by atoms with Crippen molar-refractivity contribution in [1.29, 1.82) is 0 Å². The zero-order chi connectivity index (χ0) is 10.8. The van der Waals surface area contributed by atoms with Crippen molar-refractivity contribution in [2.45, 2.75) is 20.3 Å². The average Bonchev–Trinajstić information content (AvgIpc) is 2.74. The van der Waals surface area contributed by atoms with Gasteiger partial charge in [-0.1, -0.05) is 17.7 Å². The fourth-order valence-electron chi connectivity index (χ4n) is 2.10. The van der Waals surface area contributed by atoms with Crippen LogP contribution in [0.4, 0.5) is 0 Å². The molecule has 15 heavy (non-hydrogen) atoms. The lowest BCUT2D eigenvalue weighted by atomic mass is 9.93. The number of aryl methyl sites for hydroxylation is 2. The summed E-state index contributed by atoms with van der Waals surface area (Å²) in [6.07, 6.45) is 0.978. The van der Waals surface area contributed by atoms with Crippen LogP contribution in [-0.4, -0.2) is 18.9 Å². The fraction of sp³-hybridized carbons (Fsp3) is 0.462. The number of hydrogen-bond donors (Lipinski definition) is 1. The molecule has 1 N–H and O–H groups in total. The third-order valence-corrected chi connectivity index (χ3v) is 3.09. The van der Waals surface area contributed by atoms with Crippen molar-refractivity contribution in [2.75, 3.05) is 13.1 Å². The molecular weight excluding hydrogens is 186 g/mol. The Balaban J connectivity index is 2.27. The second-order valence-electron chi connectivity index (χ2n) is 4.37. The van der Waals surface area contributed by atoms with E-state index in [1.165, 1.54) is 0 Å². The highest BCUT2D eigenvalue weighted by molar-refractivity contribution is 5.99. The molecule has 1 heterocycles. The minimum atomic E-state index is 0.186. The van der Waals surface area contributed by atoms with Crippen molar-refractivity contribution in [3.05, 3.63) is 34.9 Å². The summed E-state index contributed by atoms with van der Waals surface area (Å²) in [5, 5.41) is 3.24. The Bertz CT molecular complexity index is 378. The molecule has 0 bridgehead atoms. The summed E-state index contributed by atoms with van der Waals surface area (Å²) in [6, 6.07) is 6.10. The first-order valence-corrected chi connectivity index (χ1v) is 5.50. The molecule has 1 aromatic rings. The number of carbonyl (C=O) groups is 1. The van der Waals surface area contributed by atoms with Crippen LogP contribution in [0, 0.1) is 19.8 Å². The summed E-state index contributed by atoms with van der Waals surface area (Å²) in [7, 11) is 0. The molecule has 0 aliphatic carbocycles. The van der Waals surface area contributed by atoms with Crippen LogP contribution in [0.15, 0.2) is 18.2 Å². The van der Waals surface area contributed by atoms with E-state index in [0.717, 1.165) is 36.2 Å². The van der Waals surface area contributed by atoms with E-state index >= 15 is 0 Å². The molecule has 0 radical (unpaired) electrons. The molecule has 1 aromatic carbocycles. The highest BCUT2D eigenvalue weighted by atomic mass is 16.1. The van der Waals surface area contributed by atoms with Gasteiger partial charge >= 0.3 is 0 Å². The van der Waals surface area contributed by atoms with Gasteiger partial charge < -0.3 is 5.32 Å². The Kier molecular flexibility index (Phi) is 2.87. The maximum Gasteiger partial charge on any atom is 0.167 e. The summed E-state index contributed by atoms with van der Waals surface area (Å²) in [5.41, 5.74) is 3.16. The third-order valence-electron chi connectivity index (χ3n) is 3.09. The van der Waals surface area contributed by atoms with Gasteiger partial charge in [0.2, 0.25) is 0 Å². The number of Topliss-reactive ketones (excluding diaryl/α,β-unsaturated/α-hetero) is 1. The van der Waals surface area contributed by atoms with Crippen LogP contribution >= 0.6 is 0 Å². The molecule has 80 valence electrons. The monoisotopic (exact) mass is 203 g/mol. The SMILES string of the molecule is Cc1ccc(C)c(C(=O)C2CCNC2)c1. The molecule has 1 saturated heterocycles. The highest BCUT2D eigenvalue weighted by Gasteiger charge is 2.24. The molecule has 0 spiro atoms. The molecule has 2 rings (SSSR count). The Morgan fingerprint density at radius 3 is 2.87 bits per heavy atom. The van der Waals surface area contributed by atoms with Crippen LogP contribution in [0.25, 0.3) is 0 Å². The van der Waals surface area contributed by atoms with Gasteiger partial charge in [0, 0.05) is 18.0 Å². The molecule has 1 aliphatic heterocycles. The smallest absolute Gasteiger partial charge is 0.167 e. The van der Waals surface area contributed by atoms with Crippen LogP contribution in [0.5, 0.6) is 0 Å². The largest absolute Gasteiger partial charge is 0.316 e. The zero-order valence-electron chi connectivity index (χ0n) is 9.34. The van der Waals surface area contributed by atoms with Gasteiger partial charge in [0.1, 0.15) is 0 Å². The molecular formula is C13H17NO. The topological polar surface area (TPSA) is 29.1 Å². The first-order valence-electron chi connectivity index (χ1n) is 5.50. The first-order chi connectivity index (χ1) is 7.18. The van der Waals surface area contributed by atoms with Gasteiger partial charge in [-0.15, -0.1) is 0 Å². The number of nitrogens with one attached hydrogen (secondary N) is 1. The lowest BCUT2D eigenvalue weighted by Gasteiger charge is -2.10. The van der Waals surface area contributed by atoms with Crippen molar-refractivity contribution in [3.8, 4) is 0 Å². The quantitative estimate of drug-likeness (QED) is 0.746. The van der Waals surface area contributed by atoms with Gasteiger partial charge in [0.05, 0.1) is 0 Å². The lowest BCUT2D eigenvalue weighted by Crippen LogP contribution is -2.18. The molecule has 1 fully saturated rings. The summed E-state index contributed by atoms with van der Waals surface area (Å²) in [5.74, 6) is 0.492. The van der Waals surface area contributed by atoms with Crippen LogP contribution in [0.2, 0.25) is 0 Å². The van der Waals surface area contributed by atoms with Crippen LogP contribution in [0.1, 0.15) is 27.9 Å². The van der Waals surface area contributed by atoms with Gasteiger partial charge in [-0.25, -0.2) is 0 Å². The molecule has 0 saturated carbocycles. The average molecular weight is 203 g/mol. The van der Waals surface area contributed by atoms with Gasteiger partial charge in [-0.3, -0.25) is 4.79 Å². The van der Waals surface area contributed by atoms with Gasteiger partial charge in [-0.05, 0) is 38.4 Å². The van der Waals surface area contributed by atoms with E-state index in [4.69, 9.17) is 0 Å². The van der Waals surface area contributed by atoms with E-state index in [9.17, 15) is 4.79 Å². The van der Waals surface area contributed by atoms with Gasteiger partial charge in [0.25, 0.3) is 0 Å². The second-order valence-corrected chi connectivity index (χ2v) is 4.37. The van der Waals surface area contributed by atoms with Crippen molar-refractivity contribution < 1.29 is 4.79 Å². The predicted molar refractivity (Wildman–Crippen MR) is 61.2 cm³/mol. The minimum absolute atomic E-state index is 0.186. The fourth-order valence-corrected chi connectivity index (χ4v) is 2.10. The molecule has 2 heteroatoms. The highest BCUT2D eigenvalue weighted by Crippen LogP contribution is 2.19. The standard InChI is InChI=1S/C13H17NO/c1-9-3-4-10(2)12(7-9)13(15)11-5-6-14-8-11/h3-4,7,11,14H,5-6,8H2,1-2H3. The predicted octanol–water partition coefficient (Wildman–Crippen LogP) is 2.10. The number of benzene rings is 1. The van der Waals surface area contributed by atoms with E-state index in [1.807, 2.05) is 26.0 Å². The van der Waals surface area contributed by atoms with Crippen molar-refractivity contribution >= 4 is 5.78 Å². The molecule has 1 atom stereocenters. The first kappa shape index (κ1) is 10.4. The Labute approximate surface area is 90.7 Å². The number of rotatable bonds is 2. The molecule has 1 unspecified atom stereocenters. The molecule has 0 amide bonds. The Hall–Kier alpha value is -1.15. The number of hydrogen-bond acceptors (Lipinski definition) is 2. The van der Waals surface area contributed by atoms with Crippen LogP contribution in [-0.2, 0) is 0 Å². The number of ketones is 1. The van der Waals surface area contributed by atoms with Gasteiger partial charge in [0.15, 0.2) is 5.78 Å². The van der Waals surface area contributed by atoms with E-state index in [-0.39, 0.29) is 5.92 Å². The normalized spacial score (nSPS) is 20.5. The van der Waals surface area contributed by atoms with Crippen molar-refractivity contribution in [2.24, 2.45) is 5.92 Å². The lowest BCUT2D eigenvalue weighted by molar-refractivity contribution is 0.0929. The van der Waals surface area contributed by atoms with Crippen molar-refractivity contribution in [3.63, 3.8) is 0 Å². The maximum atomic E-state index is 12.2. The summed E-state index contributed by atoms with van der Waals surface area (Å²) in [6.45, 7) is 5.85. The third kappa shape index (κ3) is 2.10.